The fourth-order valence-corrected chi connectivity index (χ4v) is 2.90. The maximum Gasteiger partial charge on any atom is 0.129 e. The molecule has 0 N–H and O–H groups in total. The number of rotatable bonds is 7. The molecule has 0 saturated heterocycles. The van der Waals surface area contributed by atoms with Crippen LogP contribution in [0.2, 0.25) is 0 Å². The molecule has 3 aromatic rings. The Labute approximate surface area is 155 Å². The number of anilines is 2. The van der Waals surface area contributed by atoms with Gasteiger partial charge in [0.2, 0.25) is 0 Å². The molecule has 1 aromatic heterocycles. The summed E-state index contributed by atoms with van der Waals surface area (Å²) in [4.78, 5) is 8.96. The maximum atomic E-state index is 5.36. The topological polar surface area (TPSA) is 28.6 Å². The Morgan fingerprint density at radius 3 is 2.23 bits per heavy atom. The Bertz CT molecular complexity index is 834. The molecule has 0 amide bonds. The lowest BCUT2D eigenvalue weighted by Gasteiger charge is -2.25. The van der Waals surface area contributed by atoms with E-state index in [4.69, 9.17) is 4.74 Å². The first-order valence-corrected chi connectivity index (χ1v) is 8.71. The van der Waals surface area contributed by atoms with Crippen LogP contribution in [0.3, 0.4) is 0 Å². The average molecular weight is 347 g/mol. The molecule has 0 spiro atoms. The van der Waals surface area contributed by atoms with Gasteiger partial charge in [0.25, 0.3) is 0 Å². The fraction of sp³-hybridized carbons (Fsp3) is 0.227. The van der Waals surface area contributed by atoms with E-state index in [9.17, 15) is 0 Å². The standard InChI is InChI=1S/C22H25N3O/c1-24(2)20-10-6-8-18(14-20)16-25(22-12-4-5-13-23-22)17-19-9-7-11-21(15-19)26-3/h4-15H,16-17H2,1-3H3. The van der Waals surface area contributed by atoms with Gasteiger partial charge in [0.05, 0.1) is 7.11 Å². The molecule has 0 bridgehead atoms. The first-order valence-electron chi connectivity index (χ1n) is 8.71. The van der Waals surface area contributed by atoms with Gasteiger partial charge in [-0.05, 0) is 47.5 Å². The van der Waals surface area contributed by atoms with Gasteiger partial charge in [-0.25, -0.2) is 4.98 Å². The van der Waals surface area contributed by atoms with Crippen molar-refractivity contribution >= 4 is 11.5 Å². The van der Waals surface area contributed by atoms with Crippen LogP contribution >= 0.6 is 0 Å². The van der Waals surface area contributed by atoms with Crippen LogP contribution in [0.5, 0.6) is 5.75 Å². The van der Waals surface area contributed by atoms with Crippen molar-refractivity contribution < 1.29 is 4.74 Å². The fourth-order valence-electron chi connectivity index (χ4n) is 2.90. The lowest BCUT2D eigenvalue weighted by Crippen LogP contribution is -2.23. The molecule has 1 heterocycles. The van der Waals surface area contributed by atoms with Crippen molar-refractivity contribution in [2.45, 2.75) is 13.1 Å². The zero-order valence-electron chi connectivity index (χ0n) is 15.6. The van der Waals surface area contributed by atoms with Crippen molar-refractivity contribution in [3.05, 3.63) is 84.1 Å². The lowest BCUT2D eigenvalue weighted by atomic mass is 10.1. The van der Waals surface area contributed by atoms with Crippen LogP contribution in [0, 0.1) is 0 Å². The molecular formula is C22H25N3O. The van der Waals surface area contributed by atoms with Crippen molar-refractivity contribution in [1.29, 1.82) is 0 Å². The minimum atomic E-state index is 0.764. The van der Waals surface area contributed by atoms with Gasteiger partial charge in [0, 0.05) is 39.1 Å². The van der Waals surface area contributed by atoms with Crippen LogP contribution in [-0.4, -0.2) is 26.2 Å². The van der Waals surface area contributed by atoms with Crippen molar-refractivity contribution in [2.75, 3.05) is 31.0 Å². The minimum Gasteiger partial charge on any atom is -0.497 e. The highest BCUT2D eigenvalue weighted by atomic mass is 16.5. The number of ether oxygens (including phenoxy) is 1. The van der Waals surface area contributed by atoms with Gasteiger partial charge in [0.15, 0.2) is 0 Å². The van der Waals surface area contributed by atoms with Gasteiger partial charge in [-0.2, -0.15) is 0 Å². The third-order valence-electron chi connectivity index (χ3n) is 4.28. The summed E-state index contributed by atoms with van der Waals surface area (Å²) in [7, 11) is 5.82. The number of pyridine rings is 1. The molecule has 0 atom stereocenters. The summed E-state index contributed by atoms with van der Waals surface area (Å²) >= 11 is 0. The van der Waals surface area contributed by atoms with Crippen LogP contribution < -0.4 is 14.5 Å². The Hall–Kier alpha value is -3.01. The smallest absolute Gasteiger partial charge is 0.129 e. The van der Waals surface area contributed by atoms with Crippen molar-refractivity contribution in [2.24, 2.45) is 0 Å². The summed E-state index contributed by atoms with van der Waals surface area (Å²) in [5.41, 5.74) is 3.65. The van der Waals surface area contributed by atoms with Crippen LogP contribution in [0.1, 0.15) is 11.1 Å². The predicted octanol–water partition coefficient (Wildman–Crippen LogP) is 4.36. The highest BCUT2D eigenvalue weighted by Gasteiger charge is 2.11. The number of nitrogens with zero attached hydrogens (tertiary/aromatic N) is 3. The summed E-state index contributed by atoms with van der Waals surface area (Å²) in [5.74, 6) is 1.84. The van der Waals surface area contributed by atoms with Gasteiger partial charge in [0.1, 0.15) is 11.6 Å². The summed E-state index contributed by atoms with van der Waals surface area (Å²) in [6.07, 6.45) is 1.84. The molecule has 26 heavy (non-hydrogen) atoms. The number of hydrogen-bond acceptors (Lipinski definition) is 4. The molecule has 0 aliphatic carbocycles. The Morgan fingerprint density at radius 2 is 1.58 bits per heavy atom. The summed E-state index contributed by atoms with van der Waals surface area (Å²) < 4.78 is 5.36. The van der Waals surface area contributed by atoms with Crippen LogP contribution in [0.4, 0.5) is 11.5 Å². The van der Waals surface area contributed by atoms with E-state index in [-0.39, 0.29) is 0 Å². The van der Waals surface area contributed by atoms with Crippen molar-refractivity contribution in [3.63, 3.8) is 0 Å². The maximum absolute atomic E-state index is 5.36. The Morgan fingerprint density at radius 1 is 0.846 bits per heavy atom. The molecule has 4 nitrogen and oxygen atoms in total. The second-order valence-electron chi connectivity index (χ2n) is 6.46. The first kappa shape index (κ1) is 17.8. The molecule has 3 rings (SSSR count). The second kappa shape index (κ2) is 8.39. The van der Waals surface area contributed by atoms with Crippen molar-refractivity contribution in [3.8, 4) is 5.75 Å². The van der Waals surface area contributed by atoms with E-state index in [0.29, 0.717) is 0 Å². The number of methoxy groups -OCH3 is 1. The zero-order chi connectivity index (χ0) is 18.4. The largest absolute Gasteiger partial charge is 0.497 e. The zero-order valence-corrected chi connectivity index (χ0v) is 15.6. The molecule has 0 saturated carbocycles. The average Bonchev–Trinajstić information content (AvgIpc) is 2.68. The van der Waals surface area contributed by atoms with E-state index < -0.39 is 0 Å². The van der Waals surface area contributed by atoms with E-state index in [1.54, 1.807) is 7.11 Å². The van der Waals surface area contributed by atoms with Crippen LogP contribution in [0.15, 0.2) is 72.9 Å². The lowest BCUT2D eigenvalue weighted by molar-refractivity contribution is 0.414. The van der Waals surface area contributed by atoms with E-state index in [0.717, 1.165) is 24.7 Å². The number of aromatic nitrogens is 1. The molecule has 0 unspecified atom stereocenters. The SMILES string of the molecule is COc1cccc(CN(Cc2cccc(N(C)C)c2)c2ccccn2)c1. The normalized spacial score (nSPS) is 10.4. The van der Waals surface area contributed by atoms with Gasteiger partial charge in [-0.1, -0.05) is 30.3 Å². The molecule has 4 heteroatoms. The molecule has 0 aliphatic rings. The molecule has 134 valence electrons. The summed E-state index contributed by atoms with van der Waals surface area (Å²) in [6.45, 7) is 1.55. The minimum absolute atomic E-state index is 0.764. The Kier molecular flexibility index (Phi) is 5.74. The molecule has 0 aliphatic heterocycles. The number of hydrogen-bond donors (Lipinski definition) is 0. The third kappa shape index (κ3) is 4.54. The van der Waals surface area contributed by atoms with Gasteiger partial charge >= 0.3 is 0 Å². The Balaban J connectivity index is 1.87. The summed E-state index contributed by atoms with van der Waals surface area (Å²) in [5, 5.41) is 0. The molecule has 0 fully saturated rings. The first-order chi connectivity index (χ1) is 12.7. The molecule has 0 radical (unpaired) electrons. The van der Waals surface area contributed by atoms with Crippen LogP contribution in [0.25, 0.3) is 0 Å². The van der Waals surface area contributed by atoms with E-state index in [1.807, 2.05) is 30.5 Å². The van der Waals surface area contributed by atoms with E-state index >= 15 is 0 Å². The number of benzene rings is 2. The molecular weight excluding hydrogens is 322 g/mol. The third-order valence-corrected chi connectivity index (χ3v) is 4.28. The quantitative estimate of drug-likeness (QED) is 0.635. The highest BCUT2D eigenvalue weighted by Crippen LogP contribution is 2.22. The van der Waals surface area contributed by atoms with Crippen molar-refractivity contribution in [1.82, 2.24) is 4.98 Å². The predicted molar refractivity (Wildman–Crippen MR) is 108 cm³/mol. The summed E-state index contributed by atoms with van der Waals surface area (Å²) in [6, 6.07) is 22.8. The highest BCUT2D eigenvalue weighted by molar-refractivity contribution is 5.49. The molecule has 2 aromatic carbocycles. The monoisotopic (exact) mass is 347 g/mol. The van der Waals surface area contributed by atoms with E-state index in [1.165, 1.54) is 16.8 Å². The van der Waals surface area contributed by atoms with Gasteiger partial charge in [-0.15, -0.1) is 0 Å². The van der Waals surface area contributed by atoms with Gasteiger partial charge in [-0.3, -0.25) is 0 Å². The second-order valence-corrected chi connectivity index (χ2v) is 6.46. The van der Waals surface area contributed by atoms with E-state index in [2.05, 4.69) is 71.3 Å². The van der Waals surface area contributed by atoms with Crippen LogP contribution in [-0.2, 0) is 13.1 Å². The van der Waals surface area contributed by atoms with Gasteiger partial charge < -0.3 is 14.5 Å².